The topological polar surface area (TPSA) is 66.9 Å². The van der Waals surface area contributed by atoms with Gasteiger partial charge in [0.25, 0.3) is 5.56 Å². The van der Waals surface area contributed by atoms with Gasteiger partial charge >= 0.3 is 0 Å². The smallest absolute Gasteiger partial charge is 0.266 e. The molecule has 5 heteroatoms. The number of aryl methyl sites for hydroxylation is 1. The number of benzene rings is 1. The molecular weight excluding hydrogens is 218 g/mol. The molecule has 5 nitrogen and oxygen atoms in total. The fourth-order valence-electron chi connectivity index (χ4n) is 1.57. The number of aromatic amines is 1. The zero-order valence-electron chi connectivity index (χ0n) is 9.65. The largest absolute Gasteiger partial charge is 0.326 e. The van der Waals surface area contributed by atoms with Crippen LogP contribution in [0.1, 0.15) is 6.92 Å². The van der Waals surface area contributed by atoms with Crippen LogP contribution in [0.5, 0.6) is 0 Å². The molecule has 0 radical (unpaired) electrons. The number of aromatic nitrogens is 2. The number of anilines is 1. The van der Waals surface area contributed by atoms with E-state index in [1.807, 2.05) is 12.1 Å². The van der Waals surface area contributed by atoms with Gasteiger partial charge in [0.15, 0.2) is 0 Å². The van der Waals surface area contributed by atoms with Crippen molar-refractivity contribution in [1.29, 1.82) is 0 Å². The summed E-state index contributed by atoms with van der Waals surface area (Å²) in [4.78, 5) is 22.2. The van der Waals surface area contributed by atoms with Crippen molar-refractivity contribution in [3.63, 3.8) is 0 Å². The molecule has 1 amide bonds. The van der Waals surface area contributed by atoms with E-state index in [1.54, 1.807) is 19.2 Å². The van der Waals surface area contributed by atoms with E-state index in [0.29, 0.717) is 0 Å². The first kappa shape index (κ1) is 11.2. The Morgan fingerprint density at radius 2 is 1.94 bits per heavy atom. The molecule has 0 saturated carbocycles. The Morgan fingerprint density at radius 3 is 2.41 bits per heavy atom. The number of rotatable bonds is 2. The molecule has 0 fully saturated rings. The first-order valence-corrected chi connectivity index (χ1v) is 5.20. The monoisotopic (exact) mass is 231 g/mol. The van der Waals surface area contributed by atoms with E-state index in [2.05, 4.69) is 10.4 Å². The molecule has 1 aromatic carbocycles. The average Bonchev–Trinajstić information content (AvgIpc) is 2.59. The SMILES string of the molecule is CC(=O)Nc1ccc(-c2cc(=O)n(C)[nH]2)cc1. The van der Waals surface area contributed by atoms with Crippen LogP contribution in [0.2, 0.25) is 0 Å². The standard InChI is InChI=1S/C12H13N3O2/c1-8(16)13-10-5-3-9(4-6-10)11-7-12(17)15(2)14-11/h3-7,14H,1-2H3,(H,13,16). The van der Waals surface area contributed by atoms with Crippen LogP contribution < -0.4 is 10.9 Å². The summed E-state index contributed by atoms with van der Waals surface area (Å²) in [6, 6.07) is 8.81. The lowest BCUT2D eigenvalue weighted by molar-refractivity contribution is -0.114. The zero-order chi connectivity index (χ0) is 12.4. The Labute approximate surface area is 98.1 Å². The normalized spacial score (nSPS) is 10.2. The predicted molar refractivity (Wildman–Crippen MR) is 65.8 cm³/mol. The van der Waals surface area contributed by atoms with Gasteiger partial charge in [-0.1, -0.05) is 12.1 Å². The second kappa shape index (κ2) is 4.29. The molecule has 0 saturated heterocycles. The number of amides is 1. The van der Waals surface area contributed by atoms with Gasteiger partial charge in [0.2, 0.25) is 5.91 Å². The van der Waals surface area contributed by atoms with Crippen molar-refractivity contribution in [2.45, 2.75) is 6.92 Å². The van der Waals surface area contributed by atoms with Crippen molar-refractivity contribution in [2.24, 2.45) is 7.05 Å². The van der Waals surface area contributed by atoms with Gasteiger partial charge in [0.05, 0.1) is 5.69 Å². The minimum atomic E-state index is -0.106. The Bertz CT molecular complexity index is 593. The van der Waals surface area contributed by atoms with E-state index in [-0.39, 0.29) is 11.5 Å². The minimum Gasteiger partial charge on any atom is -0.326 e. The van der Waals surface area contributed by atoms with E-state index in [1.165, 1.54) is 17.7 Å². The number of nitrogens with zero attached hydrogens (tertiary/aromatic N) is 1. The van der Waals surface area contributed by atoms with Crippen LogP contribution in [0.4, 0.5) is 5.69 Å². The highest BCUT2D eigenvalue weighted by atomic mass is 16.1. The molecule has 2 rings (SSSR count). The van der Waals surface area contributed by atoms with Gasteiger partial charge in [0.1, 0.15) is 0 Å². The summed E-state index contributed by atoms with van der Waals surface area (Å²) < 4.78 is 1.41. The fraction of sp³-hybridized carbons (Fsp3) is 0.167. The number of hydrogen-bond acceptors (Lipinski definition) is 2. The Kier molecular flexibility index (Phi) is 2.82. The number of carbonyl (C=O) groups excluding carboxylic acids is 1. The van der Waals surface area contributed by atoms with E-state index in [0.717, 1.165) is 16.9 Å². The highest BCUT2D eigenvalue weighted by molar-refractivity contribution is 5.88. The first-order valence-electron chi connectivity index (χ1n) is 5.20. The third kappa shape index (κ3) is 2.44. The Morgan fingerprint density at radius 1 is 1.29 bits per heavy atom. The molecule has 0 aliphatic heterocycles. The quantitative estimate of drug-likeness (QED) is 0.819. The molecular formula is C12H13N3O2. The lowest BCUT2D eigenvalue weighted by atomic mass is 10.1. The van der Waals surface area contributed by atoms with Gasteiger partial charge in [-0.2, -0.15) is 0 Å². The molecule has 17 heavy (non-hydrogen) atoms. The van der Waals surface area contributed by atoms with Gasteiger partial charge in [0, 0.05) is 25.7 Å². The molecule has 0 aliphatic rings. The molecule has 2 aromatic rings. The molecule has 2 N–H and O–H groups in total. The van der Waals surface area contributed by atoms with Crippen molar-refractivity contribution in [1.82, 2.24) is 9.78 Å². The average molecular weight is 231 g/mol. The second-order valence-corrected chi connectivity index (χ2v) is 3.83. The summed E-state index contributed by atoms with van der Waals surface area (Å²) in [7, 11) is 1.66. The van der Waals surface area contributed by atoms with Crippen molar-refractivity contribution >= 4 is 11.6 Å². The third-order valence-electron chi connectivity index (χ3n) is 2.40. The van der Waals surface area contributed by atoms with Crippen molar-refractivity contribution < 1.29 is 4.79 Å². The summed E-state index contributed by atoms with van der Waals surface area (Å²) in [6.07, 6.45) is 0. The van der Waals surface area contributed by atoms with Crippen LogP contribution in [0.25, 0.3) is 11.3 Å². The van der Waals surface area contributed by atoms with Crippen molar-refractivity contribution in [2.75, 3.05) is 5.32 Å². The van der Waals surface area contributed by atoms with E-state index in [9.17, 15) is 9.59 Å². The van der Waals surface area contributed by atoms with Crippen LogP contribution in [-0.2, 0) is 11.8 Å². The Balaban J connectivity index is 2.29. The maximum absolute atomic E-state index is 11.3. The first-order chi connectivity index (χ1) is 8.06. The number of nitrogens with one attached hydrogen (secondary N) is 2. The maximum atomic E-state index is 11.3. The highest BCUT2D eigenvalue weighted by Crippen LogP contribution is 2.18. The summed E-state index contributed by atoms with van der Waals surface area (Å²) in [5, 5.41) is 5.62. The lowest BCUT2D eigenvalue weighted by Gasteiger charge is -2.03. The summed E-state index contributed by atoms with van der Waals surface area (Å²) in [5.74, 6) is -0.106. The van der Waals surface area contributed by atoms with Gasteiger partial charge < -0.3 is 5.32 Å². The van der Waals surface area contributed by atoms with Crippen LogP contribution in [0.15, 0.2) is 35.1 Å². The minimum absolute atomic E-state index is 0.0778. The summed E-state index contributed by atoms with van der Waals surface area (Å²) >= 11 is 0. The number of carbonyl (C=O) groups is 1. The number of hydrogen-bond donors (Lipinski definition) is 2. The van der Waals surface area contributed by atoms with Gasteiger partial charge in [-0.15, -0.1) is 0 Å². The van der Waals surface area contributed by atoms with E-state index in [4.69, 9.17) is 0 Å². The van der Waals surface area contributed by atoms with Crippen LogP contribution >= 0.6 is 0 Å². The Hall–Kier alpha value is -2.30. The highest BCUT2D eigenvalue weighted by Gasteiger charge is 2.03. The van der Waals surface area contributed by atoms with Gasteiger partial charge in [-0.05, 0) is 17.7 Å². The van der Waals surface area contributed by atoms with Crippen LogP contribution in [0.3, 0.4) is 0 Å². The molecule has 0 atom stereocenters. The van der Waals surface area contributed by atoms with Gasteiger partial charge in [-0.3, -0.25) is 19.4 Å². The van der Waals surface area contributed by atoms with Gasteiger partial charge in [-0.25, -0.2) is 0 Å². The molecule has 1 heterocycles. The second-order valence-electron chi connectivity index (χ2n) is 3.83. The fourth-order valence-corrected chi connectivity index (χ4v) is 1.57. The van der Waals surface area contributed by atoms with E-state index < -0.39 is 0 Å². The lowest BCUT2D eigenvalue weighted by Crippen LogP contribution is -2.09. The molecule has 0 unspecified atom stereocenters. The van der Waals surface area contributed by atoms with Crippen molar-refractivity contribution in [3.8, 4) is 11.3 Å². The third-order valence-corrected chi connectivity index (χ3v) is 2.40. The molecule has 0 aliphatic carbocycles. The molecule has 0 spiro atoms. The molecule has 0 bridgehead atoms. The van der Waals surface area contributed by atoms with Crippen LogP contribution in [-0.4, -0.2) is 15.7 Å². The number of H-pyrrole nitrogens is 1. The predicted octanol–water partition coefficient (Wildman–Crippen LogP) is 1.34. The zero-order valence-corrected chi connectivity index (χ0v) is 9.65. The molecule has 1 aromatic heterocycles. The molecule has 88 valence electrons. The van der Waals surface area contributed by atoms with Crippen molar-refractivity contribution in [3.05, 3.63) is 40.7 Å². The van der Waals surface area contributed by atoms with Crippen LogP contribution in [0, 0.1) is 0 Å². The van der Waals surface area contributed by atoms with E-state index >= 15 is 0 Å². The summed E-state index contributed by atoms with van der Waals surface area (Å²) in [6.45, 7) is 1.46. The summed E-state index contributed by atoms with van der Waals surface area (Å²) in [5.41, 5.74) is 2.31. The maximum Gasteiger partial charge on any atom is 0.266 e.